The maximum absolute atomic E-state index is 11.7. The fourth-order valence-electron chi connectivity index (χ4n) is 2.75. The van der Waals surface area contributed by atoms with E-state index in [2.05, 4.69) is 0 Å². The lowest BCUT2D eigenvalue weighted by molar-refractivity contribution is -0.146. The van der Waals surface area contributed by atoms with Gasteiger partial charge in [0.15, 0.2) is 12.2 Å². The van der Waals surface area contributed by atoms with Crippen molar-refractivity contribution >= 4 is 34.6 Å². The number of ether oxygens (including phenoxy) is 2. The minimum Gasteiger partial charge on any atom is -0.452 e. The third-order valence-electron chi connectivity index (χ3n) is 3.73. The summed E-state index contributed by atoms with van der Waals surface area (Å²) in [6.07, 6.45) is -1.08. The quantitative estimate of drug-likeness (QED) is 0.552. The van der Waals surface area contributed by atoms with E-state index in [0.717, 1.165) is 20.9 Å². The van der Waals surface area contributed by atoms with Crippen molar-refractivity contribution in [2.24, 2.45) is 0 Å². The fourth-order valence-corrected chi connectivity index (χ4v) is 4.29. The number of carbonyl (C=O) groups excluding carboxylic acids is 2. The van der Waals surface area contributed by atoms with Gasteiger partial charge in [0.05, 0.1) is 0 Å². The van der Waals surface area contributed by atoms with Crippen molar-refractivity contribution < 1.29 is 19.1 Å². The summed E-state index contributed by atoms with van der Waals surface area (Å²) in [6, 6.07) is 15.3. The molecule has 26 heavy (non-hydrogen) atoms. The predicted molar refractivity (Wildman–Crippen MR) is 102 cm³/mol. The van der Waals surface area contributed by atoms with Gasteiger partial charge in [0, 0.05) is 34.7 Å². The maximum atomic E-state index is 11.7. The molecular weight excluding hydrogens is 368 g/mol. The molecule has 0 spiro atoms. The first-order valence-corrected chi connectivity index (χ1v) is 9.82. The minimum absolute atomic E-state index is 0.363. The third-order valence-corrected chi connectivity index (χ3v) is 5.56. The van der Waals surface area contributed by atoms with Crippen LogP contribution in [0.2, 0.25) is 0 Å². The molecule has 0 fully saturated rings. The summed E-state index contributed by atoms with van der Waals surface area (Å²) < 4.78 is 11.3. The molecule has 6 heteroatoms. The zero-order chi connectivity index (χ0) is 18.5. The standard InChI is InChI=1S/C20H18O4S2/c1-13(21)23-19(17-9-5-11-25-17)15-7-3-4-8-16(15)20(24-14(2)22)18-10-6-12-26-18/h3-12,19-20H,1-2H3. The molecular formula is C20H18O4S2. The second-order valence-corrected chi connectivity index (χ2v) is 7.60. The Kier molecular flexibility index (Phi) is 5.85. The minimum atomic E-state index is -0.540. The lowest BCUT2D eigenvalue weighted by Gasteiger charge is -2.24. The van der Waals surface area contributed by atoms with Crippen molar-refractivity contribution in [1.29, 1.82) is 0 Å². The summed E-state index contributed by atoms with van der Waals surface area (Å²) in [6.45, 7) is 2.79. The number of esters is 2. The van der Waals surface area contributed by atoms with Gasteiger partial charge in [-0.25, -0.2) is 0 Å². The molecule has 0 bridgehead atoms. The molecule has 0 radical (unpaired) electrons. The zero-order valence-electron chi connectivity index (χ0n) is 14.4. The van der Waals surface area contributed by atoms with Crippen LogP contribution in [-0.4, -0.2) is 11.9 Å². The summed E-state index contributed by atoms with van der Waals surface area (Å²) in [5, 5.41) is 3.88. The van der Waals surface area contributed by atoms with E-state index < -0.39 is 12.2 Å². The highest BCUT2D eigenvalue weighted by Crippen LogP contribution is 2.38. The summed E-state index contributed by atoms with van der Waals surface area (Å²) in [4.78, 5) is 25.3. The normalized spacial score (nSPS) is 13.0. The number of benzene rings is 1. The maximum Gasteiger partial charge on any atom is 0.303 e. The number of rotatable bonds is 6. The van der Waals surface area contributed by atoms with Crippen LogP contribution in [0.5, 0.6) is 0 Å². The van der Waals surface area contributed by atoms with Crippen molar-refractivity contribution in [2.45, 2.75) is 26.1 Å². The van der Waals surface area contributed by atoms with Gasteiger partial charge < -0.3 is 9.47 Å². The van der Waals surface area contributed by atoms with Crippen LogP contribution in [-0.2, 0) is 19.1 Å². The Morgan fingerprint density at radius 3 is 1.46 bits per heavy atom. The molecule has 2 heterocycles. The van der Waals surface area contributed by atoms with Crippen LogP contribution in [0.1, 0.15) is 46.9 Å². The van der Waals surface area contributed by atoms with Gasteiger partial charge in [-0.05, 0) is 22.9 Å². The monoisotopic (exact) mass is 386 g/mol. The highest BCUT2D eigenvalue weighted by Gasteiger charge is 2.27. The van der Waals surface area contributed by atoms with E-state index in [4.69, 9.17) is 9.47 Å². The van der Waals surface area contributed by atoms with Gasteiger partial charge in [0.25, 0.3) is 0 Å². The first-order chi connectivity index (χ1) is 12.6. The van der Waals surface area contributed by atoms with Gasteiger partial charge in [-0.3, -0.25) is 9.59 Å². The van der Waals surface area contributed by atoms with Crippen molar-refractivity contribution in [1.82, 2.24) is 0 Å². The van der Waals surface area contributed by atoms with Crippen LogP contribution < -0.4 is 0 Å². The topological polar surface area (TPSA) is 52.6 Å². The Balaban J connectivity index is 2.10. The van der Waals surface area contributed by atoms with Crippen LogP contribution in [0, 0.1) is 0 Å². The average Bonchev–Trinajstić information content (AvgIpc) is 3.31. The summed E-state index contributed by atoms with van der Waals surface area (Å²) in [5.74, 6) is -0.725. The molecule has 134 valence electrons. The molecule has 0 aliphatic carbocycles. The van der Waals surface area contributed by atoms with E-state index in [0.29, 0.717) is 0 Å². The third kappa shape index (κ3) is 4.20. The highest BCUT2D eigenvalue weighted by atomic mass is 32.1. The average molecular weight is 386 g/mol. The molecule has 0 aliphatic rings. The van der Waals surface area contributed by atoms with Gasteiger partial charge in [0.2, 0.25) is 0 Å². The van der Waals surface area contributed by atoms with Gasteiger partial charge in [-0.1, -0.05) is 36.4 Å². The molecule has 0 aliphatic heterocycles. The largest absolute Gasteiger partial charge is 0.452 e. The van der Waals surface area contributed by atoms with Gasteiger partial charge >= 0.3 is 11.9 Å². The van der Waals surface area contributed by atoms with Crippen molar-refractivity contribution in [3.05, 3.63) is 80.2 Å². The zero-order valence-corrected chi connectivity index (χ0v) is 16.0. The predicted octanol–water partition coefficient (Wildman–Crippen LogP) is 5.11. The molecule has 3 rings (SSSR count). The Labute approximate surface area is 160 Å². The van der Waals surface area contributed by atoms with Crippen LogP contribution in [0.4, 0.5) is 0 Å². The van der Waals surface area contributed by atoms with E-state index >= 15 is 0 Å². The van der Waals surface area contributed by atoms with Crippen LogP contribution >= 0.6 is 22.7 Å². The molecule has 0 saturated carbocycles. The summed E-state index contributed by atoms with van der Waals surface area (Å²) >= 11 is 3.03. The summed E-state index contributed by atoms with van der Waals surface area (Å²) in [5.41, 5.74) is 1.62. The van der Waals surface area contributed by atoms with Crippen LogP contribution in [0.3, 0.4) is 0 Å². The number of hydrogen-bond donors (Lipinski definition) is 0. The molecule has 3 aromatic rings. The summed E-state index contributed by atoms with van der Waals surface area (Å²) in [7, 11) is 0. The second kappa shape index (κ2) is 8.29. The Morgan fingerprint density at radius 2 is 1.15 bits per heavy atom. The lowest BCUT2D eigenvalue weighted by atomic mass is 9.96. The molecule has 4 nitrogen and oxygen atoms in total. The number of carbonyl (C=O) groups is 2. The first-order valence-electron chi connectivity index (χ1n) is 8.06. The van der Waals surface area contributed by atoms with Crippen LogP contribution in [0.15, 0.2) is 59.3 Å². The fraction of sp³-hybridized carbons (Fsp3) is 0.200. The van der Waals surface area contributed by atoms with Gasteiger partial charge in [0.1, 0.15) is 0 Å². The molecule has 0 N–H and O–H groups in total. The van der Waals surface area contributed by atoms with Gasteiger partial charge in [-0.2, -0.15) is 0 Å². The Hall–Kier alpha value is -2.44. The second-order valence-electron chi connectivity index (χ2n) is 5.64. The number of thiophene rings is 2. The van der Waals surface area contributed by atoms with Gasteiger partial charge in [-0.15, -0.1) is 22.7 Å². The molecule has 1 aromatic carbocycles. The SMILES string of the molecule is CC(=O)OC(c1cccs1)c1ccccc1C(OC(C)=O)c1cccs1. The van der Waals surface area contributed by atoms with Crippen LogP contribution in [0.25, 0.3) is 0 Å². The molecule has 2 unspecified atom stereocenters. The van der Waals surface area contributed by atoms with Crippen molar-refractivity contribution in [2.75, 3.05) is 0 Å². The molecule has 2 atom stereocenters. The Bertz CT molecular complexity index is 796. The molecule has 0 amide bonds. The highest BCUT2D eigenvalue weighted by molar-refractivity contribution is 7.10. The van der Waals surface area contributed by atoms with E-state index in [1.54, 1.807) is 0 Å². The van der Waals surface area contributed by atoms with E-state index in [-0.39, 0.29) is 11.9 Å². The Morgan fingerprint density at radius 1 is 0.731 bits per heavy atom. The van der Waals surface area contributed by atoms with E-state index in [9.17, 15) is 9.59 Å². The van der Waals surface area contributed by atoms with E-state index in [1.807, 2.05) is 59.3 Å². The van der Waals surface area contributed by atoms with Crippen molar-refractivity contribution in [3.8, 4) is 0 Å². The van der Waals surface area contributed by atoms with Crippen molar-refractivity contribution in [3.63, 3.8) is 0 Å². The molecule has 2 aromatic heterocycles. The lowest BCUT2D eigenvalue weighted by Crippen LogP contribution is -2.16. The first kappa shape index (κ1) is 18.4. The van der Waals surface area contributed by atoms with E-state index in [1.165, 1.54) is 36.5 Å². The number of hydrogen-bond acceptors (Lipinski definition) is 6. The molecule has 0 saturated heterocycles. The smallest absolute Gasteiger partial charge is 0.303 e.